The van der Waals surface area contributed by atoms with E-state index >= 15 is 0 Å². The molecule has 0 amide bonds. The van der Waals surface area contributed by atoms with Crippen molar-refractivity contribution >= 4 is 0 Å². The Kier molecular flexibility index (Phi) is 4.22. The second kappa shape index (κ2) is 5.10. The molecular formula is C13H20F2N2. The summed E-state index contributed by atoms with van der Waals surface area (Å²) in [5.74, 6) is -1.10. The van der Waals surface area contributed by atoms with E-state index in [1.54, 1.807) is 0 Å². The van der Waals surface area contributed by atoms with Gasteiger partial charge in [0, 0.05) is 17.6 Å². The van der Waals surface area contributed by atoms with Crippen LogP contribution in [-0.4, -0.2) is 30.6 Å². The first-order valence-electron chi connectivity index (χ1n) is 5.62. The fraction of sp³-hybridized carbons (Fsp3) is 0.538. The van der Waals surface area contributed by atoms with Gasteiger partial charge in [0.25, 0.3) is 0 Å². The Bertz CT molecular complexity index is 389. The molecular weight excluding hydrogens is 222 g/mol. The van der Waals surface area contributed by atoms with Crippen molar-refractivity contribution in [1.29, 1.82) is 0 Å². The van der Waals surface area contributed by atoms with Crippen LogP contribution in [0.1, 0.15) is 19.4 Å². The van der Waals surface area contributed by atoms with Crippen LogP contribution < -0.4 is 5.73 Å². The molecule has 1 aromatic rings. The Balaban J connectivity index is 2.84. The predicted octanol–water partition coefficient (Wildman–Crippen LogP) is 2.17. The third-order valence-corrected chi connectivity index (χ3v) is 3.51. The van der Waals surface area contributed by atoms with Crippen LogP contribution in [0.3, 0.4) is 0 Å². The lowest BCUT2D eigenvalue weighted by atomic mass is 9.89. The molecule has 17 heavy (non-hydrogen) atoms. The monoisotopic (exact) mass is 242 g/mol. The van der Waals surface area contributed by atoms with Gasteiger partial charge in [0.1, 0.15) is 11.6 Å². The number of likely N-dealkylation sites (N-methyl/N-ethyl adjacent to an activating group) is 1. The molecule has 1 unspecified atom stereocenters. The first kappa shape index (κ1) is 14.1. The van der Waals surface area contributed by atoms with Gasteiger partial charge in [-0.1, -0.05) is 6.07 Å². The van der Waals surface area contributed by atoms with Gasteiger partial charge < -0.3 is 10.6 Å². The number of benzene rings is 1. The minimum atomic E-state index is -0.563. The number of halogens is 2. The minimum Gasteiger partial charge on any atom is -0.326 e. The zero-order valence-electron chi connectivity index (χ0n) is 10.8. The molecule has 0 saturated heterocycles. The Labute approximate surface area is 101 Å². The quantitative estimate of drug-likeness (QED) is 0.876. The van der Waals surface area contributed by atoms with Crippen LogP contribution in [0, 0.1) is 11.6 Å². The largest absolute Gasteiger partial charge is 0.326 e. The highest BCUT2D eigenvalue weighted by Gasteiger charge is 2.29. The third-order valence-electron chi connectivity index (χ3n) is 3.51. The smallest absolute Gasteiger partial charge is 0.129 e. The molecule has 0 heterocycles. The number of hydrogen-bond donors (Lipinski definition) is 1. The van der Waals surface area contributed by atoms with E-state index in [-0.39, 0.29) is 11.6 Å². The summed E-state index contributed by atoms with van der Waals surface area (Å²) >= 11 is 0. The van der Waals surface area contributed by atoms with Crippen LogP contribution in [0.25, 0.3) is 0 Å². The summed E-state index contributed by atoms with van der Waals surface area (Å²) < 4.78 is 26.3. The Hall–Kier alpha value is -1.00. The van der Waals surface area contributed by atoms with Gasteiger partial charge in [-0.25, -0.2) is 8.78 Å². The van der Waals surface area contributed by atoms with E-state index in [1.165, 1.54) is 12.1 Å². The molecule has 0 radical (unpaired) electrons. The maximum absolute atomic E-state index is 13.5. The van der Waals surface area contributed by atoms with Crippen molar-refractivity contribution in [3.05, 3.63) is 35.4 Å². The molecule has 0 bridgehead atoms. The van der Waals surface area contributed by atoms with Crippen LogP contribution >= 0.6 is 0 Å². The van der Waals surface area contributed by atoms with Crippen LogP contribution in [-0.2, 0) is 6.42 Å². The van der Waals surface area contributed by atoms with Crippen LogP contribution in [0.15, 0.2) is 18.2 Å². The molecule has 96 valence electrons. The van der Waals surface area contributed by atoms with Gasteiger partial charge in [-0.15, -0.1) is 0 Å². The van der Waals surface area contributed by atoms with Gasteiger partial charge in [0.15, 0.2) is 0 Å². The van der Waals surface area contributed by atoms with Crippen molar-refractivity contribution in [2.75, 3.05) is 14.1 Å². The lowest BCUT2D eigenvalue weighted by Crippen LogP contribution is -2.54. The topological polar surface area (TPSA) is 29.3 Å². The first-order valence-corrected chi connectivity index (χ1v) is 5.62. The van der Waals surface area contributed by atoms with Crippen molar-refractivity contribution in [2.24, 2.45) is 5.73 Å². The molecule has 0 aliphatic heterocycles. The molecule has 1 rings (SSSR count). The molecule has 0 fully saturated rings. The van der Waals surface area contributed by atoms with E-state index in [0.717, 1.165) is 6.07 Å². The molecule has 0 aliphatic rings. The number of rotatable bonds is 4. The maximum Gasteiger partial charge on any atom is 0.129 e. The van der Waals surface area contributed by atoms with Gasteiger partial charge >= 0.3 is 0 Å². The molecule has 0 spiro atoms. The second-order valence-electron chi connectivity index (χ2n) is 5.09. The summed E-state index contributed by atoms with van der Waals surface area (Å²) in [5.41, 5.74) is 6.29. The summed E-state index contributed by atoms with van der Waals surface area (Å²) in [5, 5.41) is 0. The highest BCUT2D eigenvalue weighted by molar-refractivity contribution is 5.20. The molecule has 0 saturated carbocycles. The first-order chi connectivity index (χ1) is 7.75. The molecule has 1 atom stereocenters. The van der Waals surface area contributed by atoms with E-state index in [0.29, 0.717) is 12.0 Å². The van der Waals surface area contributed by atoms with E-state index in [9.17, 15) is 8.78 Å². The van der Waals surface area contributed by atoms with Crippen molar-refractivity contribution in [1.82, 2.24) is 4.90 Å². The van der Waals surface area contributed by atoms with E-state index in [1.807, 2.05) is 32.8 Å². The lowest BCUT2D eigenvalue weighted by molar-refractivity contribution is 0.157. The van der Waals surface area contributed by atoms with E-state index in [2.05, 4.69) is 0 Å². The average Bonchev–Trinajstić information content (AvgIpc) is 2.21. The van der Waals surface area contributed by atoms with E-state index < -0.39 is 11.6 Å². The summed E-state index contributed by atoms with van der Waals surface area (Å²) in [7, 11) is 3.86. The lowest BCUT2D eigenvalue weighted by Gasteiger charge is -2.38. The van der Waals surface area contributed by atoms with Crippen molar-refractivity contribution in [3.8, 4) is 0 Å². The molecule has 2 N–H and O–H groups in total. The zero-order valence-corrected chi connectivity index (χ0v) is 10.8. The summed E-state index contributed by atoms with van der Waals surface area (Å²) in [6.07, 6.45) is 0.386. The molecule has 2 nitrogen and oxygen atoms in total. The highest BCUT2D eigenvalue weighted by atomic mass is 19.1. The molecule has 0 aromatic heterocycles. The van der Waals surface area contributed by atoms with Crippen molar-refractivity contribution < 1.29 is 8.78 Å². The summed E-state index contributed by atoms with van der Waals surface area (Å²) in [6, 6.07) is 3.38. The fourth-order valence-electron chi connectivity index (χ4n) is 1.51. The molecule has 1 aromatic carbocycles. The minimum absolute atomic E-state index is 0.225. The van der Waals surface area contributed by atoms with Crippen LogP contribution in [0.2, 0.25) is 0 Å². The Morgan fingerprint density at radius 3 is 2.35 bits per heavy atom. The van der Waals surface area contributed by atoms with Crippen LogP contribution in [0.4, 0.5) is 8.78 Å². The second-order valence-corrected chi connectivity index (χ2v) is 5.09. The molecule has 0 aliphatic carbocycles. The van der Waals surface area contributed by atoms with Crippen LogP contribution in [0.5, 0.6) is 0 Å². The van der Waals surface area contributed by atoms with Gasteiger partial charge in [0.05, 0.1) is 0 Å². The standard InChI is InChI=1S/C13H20F2N2/c1-13(2,17(3)4)12(16)7-9-5-6-10(14)8-11(9)15/h5-6,8,12H,7,16H2,1-4H3. The Morgan fingerprint density at radius 1 is 1.29 bits per heavy atom. The van der Waals surface area contributed by atoms with Gasteiger partial charge in [-0.05, 0) is 46.0 Å². The summed E-state index contributed by atoms with van der Waals surface area (Å²) in [6.45, 7) is 4.00. The fourth-order valence-corrected chi connectivity index (χ4v) is 1.51. The Morgan fingerprint density at radius 2 is 1.88 bits per heavy atom. The van der Waals surface area contributed by atoms with E-state index in [4.69, 9.17) is 5.73 Å². The van der Waals surface area contributed by atoms with Crippen molar-refractivity contribution in [3.63, 3.8) is 0 Å². The predicted molar refractivity (Wildman–Crippen MR) is 65.8 cm³/mol. The van der Waals surface area contributed by atoms with Gasteiger partial charge in [-0.2, -0.15) is 0 Å². The van der Waals surface area contributed by atoms with Crippen molar-refractivity contribution in [2.45, 2.75) is 31.8 Å². The van der Waals surface area contributed by atoms with Gasteiger partial charge in [0.2, 0.25) is 0 Å². The summed E-state index contributed by atoms with van der Waals surface area (Å²) in [4.78, 5) is 2.00. The average molecular weight is 242 g/mol. The normalized spacial score (nSPS) is 14.1. The molecule has 4 heteroatoms. The zero-order chi connectivity index (χ0) is 13.2. The number of nitrogens with zero attached hydrogens (tertiary/aromatic N) is 1. The third kappa shape index (κ3) is 3.23. The van der Waals surface area contributed by atoms with Gasteiger partial charge in [-0.3, -0.25) is 0 Å². The number of hydrogen-bond acceptors (Lipinski definition) is 2. The highest BCUT2D eigenvalue weighted by Crippen LogP contribution is 2.19. The SMILES string of the molecule is CN(C)C(C)(C)C(N)Cc1ccc(F)cc1F. The number of nitrogens with two attached hydrogens (primary N) is 1. The maximum atomic E-state index is 13.5.